The monoisotopic (exact) mass is 364 g/mol. The Hall–Kier alpha value is -3.48. The van der Waals surface area contributed by atoms with Gasteiger partial charge in [0.25, 0.3) is 0 Å². The molecular weight excluding hydrogens is 344 g/mol. The Morgan fingerprint density at radius 2 is 1.74 bits per heavy atom. The molecule has 0 saturated carbocycles. The summed E-state index contributed by atoms with van der Waals surface area (Å²) in [7, 11) is 0. The van der Waals surface area contributed by atoms with E-state index in [0.717, 1.165) is 16.6 Å². The van der Waals surface area contributed by atoms with Crippen molar-refractivity contribution in [3.63, 3.8) is 0 Å². The predicted molar refractivity (Wildman–Crippen MR) is 103 cm³/mol. The lowest BCUT2D eigenvalue weighted by Crippen LogP contribution is -2.20. The number of aromatic nitrogens is 1. The molecule has 1 heterocycles. The first kappa shape index (κ1) is 18.3. The van der Waals surface area contributed by atoms with Gasteiger partial charge in [0.2, 0.25) is 5.88 Å². The molecule has 0 saturated heterocycles. The van der Waals surface area contributed by atoms with Gasteiger partial charge < -0.3 is 15.0 Å². The fourth-order valence-corrected chi connectivity index (χ4v) is 2.82. The van der Waals surface area contributed by atoms with Crippen molar-refractivity contribution in [3.8, 4) is 5.88 Å². The van der Waals surface area contributed by atoms with Crippen molar-refractivity contribution >= 4 is 34.1 Å². The Kier molecular flexibility index (Phi) is 5.03. The number of rotatable bonds is 3. The highest BCUT2D eigenvalue weighted by molar-refractivity contribution is 6.40. The smallest absolute Gasteiger partial charge is 0.353 e. The molecule has 0 bridgehead atoms. The molecule has 7 heteroatoms. The molecule has 7 nitrogen and oxygen atoms in total. The van der Waals surface area contributed by atoms with Gasteiger partial charge in [-0.1, -0.05) is 29.3 Å². The summed E-state index contributed by atoms with van der Waals surface area (Å²) in [5.74, 6) is -2.02. The molecule has 0 aliphatic heterocycles. The van der Waals surface area contributed by atoms with Crippen molar-refractivity contribution in [2.45, 2.75) is 27.3 Å². The Morgan fingerprint density at radius 3 is 2.41 bits per heavy atom. The predicted octanol–water partition coefficient (Wildman–Crippen LogP) is 4.23. The molecule has 2 aromatic carbocycles. The van der Waals surface area contributed by atoms with Gasteiger partial charge >= 0.3 is 11.8 Å². The van der Waals surface area contributed by atoms with Crippen molar-refractivity contribution in [1.29, 1.82) is 0 Å². The molecule has 0 atom stereocenters. The topological polar surface area (TPSA) is 96.0 Å². The lowest BCUT2D eigenvalue weighted by atomic mass is 10.1. The van der Waals surface area contributed by atoms with Crippen LogP contribution in [0, 0.1) is 13.8 Å². The van der Waals surface area contributed by atoms with Crippen LogP contribution in [0.25, 0.3) is 10.9 Å². The molecule has 0 aliphatic rings. The van der Waals surface area contributed by atoms with Crippen LogP contribution in [-0.2, 0) is 16.1 Å². The van der Waals surface area contributed by atoms with E-state index in [2.05, 4.69) is 15.5 Å². The van der Waals surface area contributed by atoms with Crippen LogP contribution in [0.15, 0.2) is 52.7 Å². The summed E-state index contributed by atoms with van der Waals surface area (Å²) >= 11 is 0. The Balaban J connectivity index is 1.85. The Labute approximate surface area is 156 Å². The number of azo groups is 1. The van der Waals surface area contributed by atoms with Crippen LogP contribution < -0.4 is 5.32 Å². The van der Waals surface area contributed by atoms with Crippen LogP contribution in [0.4, 0.5) is 11.4 Å². The number of aromatic hydroxyl groups is 1. The fraction of sp³-hybridized carbons (Fsp3) is 0.200. The molecule has 0 unspecified atom stereocenters. The first-order chi connectivity index (χ1) is 12.9. The number of nitrogens with zero attached hydrogens (tertiary/aromatic N) is 3. The second kappa shape index (κ2) is 7.41. The van der Waals surface area contributed by atoms with Crippen LogP contribution in [0.2, 0.25) is 0 Å². The highest BCUT2D eigenvalue weighted by atomic mass is 16.3. The average molecular weight is 364 g/mol. The molecule has 3 aromatic rings. The minimum atomic E-state index is -1.04. The number of aryl methyl sites for hydroxylation is 3. The number of benzene rings is 2. The second-order valence-electron chi connectivity index (χ2n) is 6.26. The van der Waals surface area contributed by atoms with Gasteiger partial charge in [-0.15, -0.1) is 10.2 Å². The number of hydrogen-bond donors (Lipinski definition) is 2. The van der Waals surface area contributed by atoms with Gasteiger partial charge in [-0.25, -0.2) is 0 Å². The quantitative estimate of drug-likeness (QED) is 0.537. The Bertz CT molecular complexity index is 1050. The first-order valence-corrected chi connectivity index (χ1v) is 8.56. The normalized spacial score (nSPS) is 11.2. The lowest BCUT2D eigenvalue weighted by Gasteiger charge is -2.02. The number of nitrogens with one attached hydrogen (secondary N) is 1. The SMILES string of the molecule is CCn1c(O)c(N=NC(=O)C(=O)Nc2ccc(C)cc2)c2cc(C)ccc21. The van der Waals surface area contributed by atoms with E-state index in [1.807, 2.05) is 51.1 Å². The van der Waals surface area contributed by atoms with Crippen LogP contribution in [-0.4, -0.2) is 21.5 Å². The van der Waals surface area contributed by atoms with Crippen LogP contribution >= 0.6 is 0 Å². The van der Waals surface area contributed by atoms with E-state index in [1.165, 1.54) is 0 Å². The van der Waals surface area contributed by atoms with Gasteiger partial charge in [0, 0.05) is 17.6 Å². The molecule has 3 rings (SSSR count). The fourth-order valence-electron chi connectivity index (χ4n) is 2.82. The molecular formula is C20H20N4O3. The largest absolute Gasteiger partial charge is 0.493 e. The number of amides is 2. The van der Waals surface area contributed by atoms with Gasteiger partial charge in [-0.05, 0) is 45.0 Å². The highest BCUT2D eigenvalue weighted by Gasteiger charge is 2.18. The summed E-state index contributed by atoms with van der Waals surface area (Å²) < 4.78 is 1.67. The molecule has 0 fully saturated rings. The third-order valence-electron chi connectivity index (χ3n) is 4.23. The van der Waals surface area contributed by atoms with Crippen molar-refractivity contribution in [2.75, 3.05) is 5.32 Å². The molecule has 2 amide bonds. The van der Waals surface area contributed by atoms with Crippen molar-refractivity contribution < 1.29 is 14.7 Å². The zero-order valence-electron chi connectivity index (χ0n) is 15.4. The molecule has 27 heavy (non-hydrogen) atoms. The standard InChI is InChI=1S/C20H20N4O3/c1-4-24-16-10-7-13(3)11-15(16)17(20(24)27)22-23-19(26)18(25)21-14-8-5-12(2)6-9-14/h5-11,27H,4H2,1-3H3,(H,21,25). The average Bonchev–Trinajstić information content (AvgIpc) is 2.91. The summed E-state index contributed by atoms with van der Waals surface area (Å²) in [6.07, 6.45) is 0. The van der Waals surface area contributed by atoms with E-state index < -0.39 is 11.8 Å². The first-order valence-electron chi connectivity index (χ1n) is 8.56. The summed E-state index contributed by atoms with van der Waals surface area (Å²) in [6.45, 7) is 6.26. The third kappa shape index (κ3) is 3.72. The number of carbonyl (C=O) groups is 2. The number of carbonyl (C=O) groups excluding carboxylic acids is 2. The minimum Gasteiger partial charge on any atom is -0.493 e. The van der Waals surface area contributed by atoms with Gasteiger partial charge in [-0.2, -0.15) is 0 Å². The molecule has 0 spiro atoms. The zero-order chi connectivity index (χ0) is 19.6. The highest BCUT2D eigenvalue weighted by Crippen LogP contribution is 2.39. The van der Waals surface area contributed by atoms with E-state index in [1.54, 1.807) is 16.7 Å². The van der Waals surface area contributed by atoms with E-state index >= 15 is 0 Å². The summed E-state index contributed by atoms with van der Waals surface area (Å²) in [4.78, 5) is 24.0. The van der Waals surface area contributed by atoms with Crippen molar-refractivity contribution in [2.24, 2.45) is 10.2 Å². The van der Waals surface area contributed by atoms with Gasteiger partial charge in [-0.3, -0.25) is 9.59 Å². The maximum Gasteiger partial charge on any atom is 0.353 e. The van der Waals surface area contributed by atoms with E-state index in [0.29, 0.717) is 17.6 Å². The second-order valence-corrected chi connectivity index (χ2v) is 6.26. The van der Waals surface area contributed by atoms with Crippen LogP contribution in [0.5, 0.6) is 5.88 Å². The lowest BCUT2D eigenvalue weighted by molar-refractivity contribution is -0.134. The van der Waals surface area contributed by atoms with E-state index in [4.69, 9.17) is 0 Å². The van der Waals surface area contributed by atoms with Crippen molar-refractivity contribution in [3.05, 3.63) is 53.6 Å². The third-order valence-corrected chi connectivity index (χ3v) is 4.23. The van der Waals surface area contributed by atoms with Gasteiger partial charge in [0.05, 0.1) is 5.52 Å². The summed E-state index contributed by atoms with van der Waals surface area (Å²) in [5, 5.41) is 20.9. The molecule has 2 N–H and O–H groups in total. The molecule has 0 radical (unpaired) electrons. The Morgan fingerprint density at radius 1 is 1.07 bits per heavy atom. The van der Waals surface area contributed by atoms with Gasteiger partial charge in [0.15, 0.2) is 5.69 Å². The summed E-state index contributed by atoms with van der Waals surface area (Å²) in [6, 6.07) is 12.7. The van der Waals surface area contributed by atoms with Crippen LogP contribution in [0.1, 0.15) is 18.1 Å². The summed E-state index contributed by atoms with van der Waals surface area (Å²) in [5.41, 5.74) is 3.47. The number of fused-ring (bicyclic) bond motifs is 1. The van der Waals surface area contributed by atoms with E-state index in [-0.39, 0.29) is 11.6 Å². The zero-order valence-corrected chi connectivity index (χ0v) is 15.4. The molecule has 1 aromatic heterocycles. The molecule has 0 aliphatic carbocycles. The van der Waals surface area contributed by atoms with Crippen molar-refractivity contribution in [1.82, 2.24) is 4.57 Å². The number of anilines is 1. The minimum absolute atomic E-state index is 0.0893. The van der Waals surface area contributed by atoms with E-state index in [9.17, 15) is 14.7 Å². The van der Waals surface area contributed by atoms with Crippen LogP contribution in [0.3, 0.4) is 0 Å². The maximum atomic E-state index is 12.0. The van der Waals surface area contributed by atoms with Gasteiger partial charge in [0.1, 0.15) is 0 Å². The maximum absolute atomic E-state index is 12.0. The molecule has 138 valence electrons. The number of hydrogen-bond acceptors (Lipinski definition) is 4.